The molecule has 0 atom stereocenters. The Bertz CT molecular complexity index is 836. The molecule has 0 spiro atoms. The lowest BCUT2D eigenvalue weighted by atomic mass is 10.2. The third-order valence-corrected chi connectivity index (χ3v) is 3.73. The second-order valence-electron chi connectivity index (χ2n) is 6.07. The topological polar surface area (TPSA) is 77.1 Å². The number of carbonyl (C=O) groups excluding carboxylic acids is 1. The summed E-state index contributed by atoms with van der Waals surface area (Å²) < 4.78 is 64.3. The highest BCUT2D eigenvalue weighted by molar-refractivity contribution is 5.80. The smallest absolute Gasteiger partial charge is 0.271 e. The molecule has 0 aliphatic heterocycles. The SMILES string of the molecule is O=C(Cn1nc(C(F)F)cc1C1CC1)N/N=C\c1ccn(CC(F)(F)F)n1. The molecule has 7 nitrogen and oxygen atoms in total. The maximum atomic E-state index is 12.8. The molecule has 2 aromatic heterocycles. The van der Waals surface area contributed by atoms with Crippen molar-refractivity contribution in [3.8, 4) is 0 Å². The maximum Gasteiger partial charge on any atom is 0.408 e. The number of hydrazone groups is 1. The van der Waals surface area contributed by atoms with Gasteiger partial charge in [0.15, 0.2) is 0 Å². The fourth-order valence-corrected chi connectivity index (χ4v) is 2.45. The highest BCUT2D eigenvalue weighted by atomic mass is 19.4. The summed E-state index contributed by atoms with van der Waals surface area (Å²) in [6, 6.07) is 2.60. The molecule has 12 heteroatoms. The molecule has 0 aromatic carbocycles. The molecule has 1 amide bonds. The quantitative estimate of drug-likeness (QED) is 0.449. The molecular formula is C15H15F5N6O. The minimum atomic E-state index is -4.39. The van der Waals surface area contributed by atoms with Gasteiger partial charge >= 0.3 is 6.18 Å². The van der Waals surface area contributed by atoms with Crippen LogP contribution in [0.15, 0.2) is 23.4 Å². The van der Waals surface area contributed by atoms with E-state index < -0.39 is 25.1 Å². The number of hydrogen-bond acceptors (Lipinski definition) is 4. The molecule has 0 bridgehead atoms. The van der Waals surface area contributed by atoms with Gasteiger partial charge in [0.1, 0.15) is 24.5 Å². The van der Waals surface area contributed by atoms with E-state index in [4.69, 9.17) is 0 Å². The van der Waals surface area contributed by atoms with Crippen LogP contribution >= 0.6 is 0 Å². The highest BCUT2D eigenvalue weighted by Crippen LogP contribution is 2.41. The van der Waals surface area contributed by atoms with E-state index in [0.29, 0.717) is 10.4 Å². The summed E-state index contributed by atoms with van der Waals surface area (Å²) in [6.07, 6.45) is -3.19. The van der Waals surface area contributed by atoms with Gasteiger partial charge in [-0.3, -0.25) is 14.2 Å². The number of hydrogen-bond donors (Lipinski definition) is 1. The lowest BCUT2D eigenvalue weighted by molar-refractivity contribution is -0.142. The van der Waals surface area contributed by atoms with Crippen molar-refractivity contribution in [2.75, 3.05) is 0 Å². The third kappa shape index (κ3) is 5.34. The van der Waals surface area contributed by atoms with Gasteiger partial charge in [0, 0.05) is 17.8 Å². The van der Waals surface area contributed by atoms with Crippen LogP contribution < -0.4 is 5.43 Å². The lowest BCUT2D eigenvalue weighted by Crippen LogP contribution is -2.24. The Labute approximate surface area is 149 Å². The van der Waals surface area contributed by atoms with Gasteiger partial charge in [-0.05, 0) is 25.0 Å². The van der Waals surface area contributed by atoms with Gasteiger partial charge in [-0.1, -0.05) is 0 Å². The zero-order valence-electron chi connectivity index (χ0n) is 13.8. The molecule has 0 saturated heterocycles. The zero-order chi connectivity index (χ0) is 19.6. The predicted octanol–water partition coefficient (Wildman–Crippen LogP) is 2.61. The van der Waals surface area contributed by atoms with E-state index in [0.717, 1.165) is 25.3 Å². The van der Waals surface area contributed by atoms with Gasteiger partial charge in [0.25, 0.3) is 12.3 Å². The molecule has 1 aliphatic rings. The normalized spacial score (nSPS) is 15.0. The predicted molar refractivity (Wildman–Crippen MR) is 83.2 cm³/mol. The van der Waals surface area contributed by atoms with Gasteiger partial charge < -0.3 is 0 Å². The first-order chi connectivity index (χ1) is 12.7. The zero-order valence-corrected chi connectivity index (χ0v) is 13.8. The molecule has 2 aromatic rings. The maximum absolute atomic E-state index is 12.8. The van der Waals surface area contributed by atoms with Crippen LogP contribution in [0, 0.1) is 0 Å². The minimum absolute atomic E-state index is 0.122. The van der Waals surface area contributed by atoms with E-state index >= 15 is 0 Å². The van der Waals surface area contributed by atoms with E-state index in [2.05, 4.69) is 20.7 Å². The van der Waals surface area contributed by atoms with E-state index in [-0.39, 0.29) is 23.9 Å². The molecule has 3 rings (SSSR count). The Morgan fingerprint density at radius 3 is 2.74 bits per heavy atom. The van der Waals surface area contributed by atoms with Gasteiger partial charge in [0.05, 0.1) is 6.21 Å². The van der Waals surface area contributed by atoms with Crippen LogP contribution in [0.2, 0.25) is 0 Å². The summed E-state index contributed by atoms with van der Waals surface area (Å²) in [5.74, 6) is -0.481. The standard InChI is InChI=1S/C15H15F5N6O/c16-14(17)11-5-12(9-1-2-9)26(24-11)7-13(27)22-21-6-10-3-4-25(23-10)8-15(18,19)20/h3-6,9,14H,1-2,7-8H2,(H,22,27)/b21-6-. The van der Waals surface area contributed by atoms with E-state index in [9.17, 15) is 26.7 Å². The van der Waals surface area contributed by atoms with Crippen LogP contribution in [-0.4, -0.2) is 37.9 Å². The van der Waals surface area contributed by atoms with Crippen LogP contribution in [0.1, 0.15) is 42.3 Å². The minimum Gasteiger partial charge on any atom is -0.271 e. The number of nitrogens with one attached hydrogen (secondary N) is 1. The number of rotatable bonds is 7. The van der Waals surface area contributed by atoms with Crippen molar-refractivity contribution >= 4 is 12.1 Å². The van der Waals surface area contributed by atoms with Crippen LogP contribution in [0.3, 0.4) is 0 Å². The first-order valence-electron chi connectivity index (χ1n) is 7.99. The summed E-state index contributed by atoms with van der Waals surface area (Å²) >= 11 is 0. The number of carbonyl (C=O) groups is 1. The van der Waals surface area contributed by atoms with Crippen molar-refractivity contribution in [3.05, 3.63) is 35.4 Å². The number of amides is 1. The van der Waals surface area contributed by atoms with Gasteiger partial charge in [-0.25, -0.2) is 14.2 Å². The Hall–Kier alpha value is -2.79. The number of nitrogens with zero attached hydrogens (tertiary/aromatic N) is 5. The molecular weight excluding hydrogens is 375 g/mol. The summed E-state index contributed by atoms with van der Waals surface area (Å²) in [7, 11) is 0. The molecule has 1 saturated carbocycles. The summed E-state index contributed by atoms with van der Waals surface area (Å²) in [5.41, 5.74) is 2.49. The fraction of sp³-hybridized carbons (Fsp3) is 0.467. The van der Waals surface area contributed by atoms with Gasteiger partial charge in [-0.15, -0.1) is 0 Å². The van der Waals surface area contributed by atoms with E-state index in [1.54, 1.807) is 0 Å². The third-order valence-electron chi connectivity index (χ3n) is 3.73. The molecule has 0 unspecified atom stereocenters. The largest absolute Gasteiger partial charge is 0.408 e. The second kappa shape index (κ2) is 7.45. The Kier molecular flexibility index (Phi) is 5.24. The second-order valence-corrected chi connectivity index (χ2v) is 6.07. The first-order valence-corrected chi connectivity index (χ1v) is 7.99. The highest BCUT2D eigenvalue weighted by Gasteiger charge is 2.30. The Balaban J connectivity index is 1.56. The monoisotopic (exact) mass is 390 g/mol. The molecule has 1 aliphatic carbocycles. The van der Waals surface area contributed by atoms with Gasteiger partial charge in [0.2, 0.25) is 0 Å². The van der Waals surface area contributed by atoms with Crippen molar-refractivity contribution in [2.45, 2.75) is 44.5 Å². The molecule has 1 fully saturated rings. The van der Waals surface area contributed by atoms with Crippen molar-refractivity contribution in [3.63, 3.8) is 0 Å². The number of aromatic nitrogens is 4. The molecule has 27 heavy (non-hydrogen) atoms. The Morgan fingerprint density at radius 1 is 1.37 bits per heavy atom. The first kappa shape index (κ1) is 19.0. The van der Waals surface area contributed by atoms with Crippen LogP contribution in [0.25, 0.3) is 0 Å². The van der Waals surface area contributed by atoms with Gasteiger partial charge in [-0.2, -0.15) is 28.5 Å². The van der Waals surface area contributed by atoms with Crippen LogP contribution in [-0.2, 0) is 17.9 Å². The lowest BCUT2D eigenvalue weighted by Gasteiger charge is -2.05. The number of halogens is 5. The molecule has 1 N–H and O–H groups in total. The summed E-state index contributed by atoms with van der Waals surface area (Å²) in [6.45, 7) is -1.53. The molecule has 146 valence electrons. The van der Waals surface area contributed by atoms with E-state index in [1.807, 2.05) is 0 Å². The fourth-order valence-electron chi connectivity index (χ4n) is 2.45. The average molecular weight is 390 g/mol. The average Bonchev–Trinajstić information content (AvgIpc) is 3.17. The van der Waals surface area contributed by atoms with E-state index in [1.165, 1.54) is 16.8 Å². The molecule has 2 heterocycles. The Morgan fingerprint density at radius 2 is 2.11 bits per heavy atom. The molecule has 0 radical (unpaired) electrons. The van der Waals surface area contributed by atoms with Crippen molar-refractivity contribution in [2.24, 2.45) is 5.10 Å². The number of alkyl halides is 5. The van der Waals surface area contributed by atoms with Crippen LogP contribution in [0.4, 0.5) is 22.0 Å². The van der Waals surface area contributed by atoms with Crippen LogP contribution in [0.5, 0.6) is 0 Å². The van der Waals surface area contributed by atoms with Crippen molar-refractivity contribution in [1.82, 2.24) is 25.0 Å². The van der Waals surface area contributed by atoms with Crippen molar-refractivity contribution in [1.29, 1.82) is 0 Å². The summed E-state index contributed by atoms with van der Waals surface area (Å²) in [4.78, 5) is 11.9. The summed E-state index contributed by atoms with van der Waals surface area (Å²) in [5, 5.41) is 11.0. The van der Waals surface area contributed by atoms with Crippen molar-refractivity contribution < 1.29 is 26.7 Å².